The van der Waals surface area contributed by atoms with Crippen molar-refractivity contribution in [2.24, 2.45) is 0 Å². The molecule has 4 rings (SSSR count). The van der Waals surface area contributed by atoms with Gasteiger partial charge in [0.15, 0.2) is 0 Å². The maximum absolute atomic E-state index is 12.8. The van der Waals surface area contributed by atoms with Crippen LogP contribution in [-0.4, -0.2) is 59.5 Å². The number of benzene rings is 2. The number of hydrogen-bond donors (Lipinski definition) is 1. The molecule has 0 spiro atoms. The molecule has 1 aliphatic heterocycles. The minimum absolute atomic E-state index is 0.0114. The molecule has 2 aromatic carbocycles. The predicted molar refractivity (Wildman–Crippen MR) is 125 cm³/mol. The second kappa shape index (κ2) is 11.1. The molecule has 0 atom stereocenters. The number of amides is 2. The number of rotatable bonds is 8. The van der Waals surface area contributed by atoms with Gasteiger partial charge in [0.1, 0.15) is 5.75 Å². The van der Waals surface area contributed by atoms with Crippen molar-refractivity contribution in [1.82, 2.24) is 20.2 Å². The topological polar surface area (TPSA) is 87.7 Å². The Morgan fingerprint density at radius 2 is 1.58 bits per heavy atom. The minimum Gasteiger partial charge on any atom is -0.493 e. The molecule has 1 aliphatic rings. The first-order chi connectivity index (χ1) is 16.2. The van der Waals surface area contributed by atoms with Gasteiger partial charge in [0, 0.05) is 50.7 Å². The van der Waals surface area contributed by atoms with Crippen LogP contribution >= 0.6 is 0 Å². The zero-order valence-electron chi connectivity index (χ0n) is 18.4. The highest BCUT2D eigenvalue weighted by molar-refractivity contribution is 5.94. The van der Waals surface area contributed by atoms with E-state index in [2.05, 4.69) is 20.2 Å². The van der Waals surface area contributed by atoms with Gasteiger partial charge in [0.05, 0.1) is 13.0 Å². The molecule has 2 heterocycles. The second-order valence-electron chi connectivity index (χ2n) is 7.71. The molecule has 1 saturated heterocycles. The summed E-state index contributed by atoms with van der Waals surface area (Å²) in [6.45, 7) is 3.39. The van der Waals surface area contributed by atoms with Crippen LogP contribution in [0.25, 0.3) is 0 Å². The summed E-state index contributed by atoms with van der Waals surface area (Å²) in [6, 6.07) is 18.6. The quantitative estimate of drug-likeness (QED) is 0.573. The van der Waals surface area contributed by atoms with Crippen LogP contribution in [0.3, 0.4) is 0 Å². The number of carbonyl (C=O) groups excluding carboxylic acids is 2. The highest BCUT2D eigenvalue weighted by Gasteiger charge is 2.23. The first kappa shape index (κ1) is 22.3. The zero-order chi connectivity index (χ0) is 22.9. The van der Waals surface area contributed by atoms with Crippen LogP contribution in [0.4, 0.5) is 5.95 Å². The van der Waals surface area contributed by atoms with Gasteiger partial charge in [-0.25, -0.2) is 9.97 Å². The maximum Gasteiger partial charge on any atom is 0.253 e. The molecule has 33 heavy (non-hydrogen) atoms. The van der Waals surface area contributed by atoms with E-state index in [1.807, 2.05) is 59.5 Å². The molecule has 0 radical (unpaired) electrons. The number of aromatic nitrogens is 2. The van der Waals surface area contributed by atoms with E-state index in [4.69, 9.17) is 4.74 Å². The smallest absolute Gasteiger partial charge is 0.253 e. The monoisotopic (exact) mass is 445 g/mol. The Hall–Kier alpha value is -3.94. The van der Waals surface area contributed by atoms with E-state index in [-0.39, 0.29) is 18.2 Å². The summed E-state index contributed by atoms with van der Waals surface area (Å²) in [5.41, 5.74) is 1.58. The third-order valence-corrected chi connectivity index (χ3v) is 5.43. The van der Waals surface area contributed by atoms with Crippen LogP contribution in [0, 0.1) is 0 Å². The lowest BCUT2D eigenvalue weighted by Gasteiger charge is -2.34. The zero-order valence-corrected chi connectivity index (χ0v) is 18.4. The summed E-state index contributed by atoms with van der Waals surface area (Å²) in [7, 11) is 0. The van der Waals surface area contributed by atoms with E-state index < -0.39 is 0 Å². The van der Waals surface area contributed by atoms with E-state index in [0.717, 1.165) is 11.3 Å². The number of ether oxygens (including phenoxy) is 1. The molecule has 170 valence electrons. The molecule has 1 fully saturated rings. The highest BCUT2D eigenvalue weighted by Crippen LogP contribution is 2.14. The molecule has 1 aromatic heterocycles. The number of nitrogens with zero attached hydrogens (tertiary/aromatic N) is 4. The summed E-state index contributed by atoms with van der Waals surface area (Å²) in [5.74, 6) is 1.38. The number of piperazine rings is 1. The van der Waals surface area contributed by atoms with E-state index in [0.29, 0.717) is 50.8 Å². The van der Waals surface area contributed by atoms with Gasteiger partial charge in [-0.2, -0.15) is 0 Å². The largest absolute Gasteiger partial charge is 0.493 e. The van der Waals surface area contributed by atoms with Crippen LogP contribution < -0.4 is 15.0 Å². The highest BCUT2D eigenvalue weighted by atomic mass is 16.5. The summed E-state index contributed by atoms with van der Waals surface area (Å²) < 4.78 is 5.55. The Kier molecular flexibility index (Phi) is 7.48. The average molecular weight is 446 g/mol. The number of nitrogens with one attached hydrogen (secondary N) is 1. The fourth-order valence-corrected chi connectivity index (χ4v) is 3.58. The number of hydrogen-bond acceptors (Lipinski definition) is 6. The Bertz CT molecular complexity index is 1040. The van der Waals surface area contributed by atoms with Gasteiger partial charge in [-0.3, -0.25) is 9.59 Å². The standard InChI is InChI=1S/C25H27N5O3/c31-23(11-18-33-22-5-2-1-3-6-22)28-19-20-7-9-21(10-8-20)24(32)29-14-16-30(17-15-29)25-26-12-4-13-27-25/h1-10,12-13H,11,14-19H2,(H,28,31). The normalized spacial score (nSPS) is 13.5. The Balaban J connectivity index is 1.19. The summed E-state index contributed by atoms with van der Waals surface area (Å²) in [4.78, 5) is 37.4. The molecular formula is C25H27N5O3. The van der Waals surface area contributed by atoms with Gasteiger partial charge in [0.25, 0.3) is 5.91 Å². The summed E-state index contributed by atoms with van der Waals surface area (Å²) >= 11 is 0. The lowest BCUT2D eigenvalue weighted by Crippen LogP contribution is -2.49. The van der Waals surface area contributed by atoms with Crippen molar-refractivity contribution in [1.29, 1.82) is 0 Å². The lowest BCUT2D eigenvalue weighted by molar-refractivity contribution is -0.121. The Labute approximate surface area is 193 Å². The van der Waals surface area contributed by atoms with Crippen molar-refractivity contribution in [2.45, 2.75) is 13.0 Å². The van der Waals surface area contributed by atoms with Crippen molar-refractivity contribution >= 4 is 17.8 Å². The molecule has 3 aromatic rings. The fraction of sp³-hybridized carbons (Fsp3) is 0.280. The minimum atomic E-state index is -0.0775. The van der Waals surface area contributed by atoms with Crippen molar-refractivity contribution < 1.29 is 14.3 Å². The molecule has 1 N–H and O–H groups in total. The van der Waals surface area contributed by atoms with Gasteiger partial charge >= 0.3 is 0 Å². The van der Waals surface area contributed by atoms with Gasteiger partial charge in [0.2, 0.25) is 11.9 Å². The molecule has 0 bridgehead atoms. The Morgan fingerprint density at radius 1 is 0.879 bits per heavy atom. The van der Waals surface area contributed by atoms with E-state index >= 15 is 0 Å². The van der Waals surface area contributed by atoms with Crippen LogP contribution in [0.1, 0.15) is 22.3 Å². The van der Waals surface area contributed by atoms with Gasteiger partial charge < -0.3 is 19.9 Å². The van der Waals surface area contributed by atoms with E-state index in [1.54, 1.807) is 18.5 Å². The van der Waals surface area contributed by atoms with Gasteiger partial charge in [-0.05, 0) is 35.9 Å². The number of anilines is 1. The lowest BCUT2D eigenvalue weighted by atomic mass is 10.1. The molecule has 2 amide bonds. The molecule has 0 saturated carbocycles. The SMILES string of the molecule is O=C(CCOc1ccccc1)NCc1ccc(C(=O)N2CCN(c3ncccn3)CC2)cc1. The predicted octanol–water partition coefficient (Wildman–Crippen LogP) is 2.52. The van der Waals surface area contributed by atoms with Crippen LogP contribution in [0.5, 0.6) is 5.75 Å². The average Bonchev–Trinajstić information content (AvgIpc) is 2.89. The fourth-order valence-electron chi connectivity index (χ4n) is 3.58. The van der Waals surface area contributed by atoms with Crippen molar-refractivity contribution in [3.8, 4) is 5.75 Å². The molecular weight excluding hydrogens is 418 g/mol. The Morgan fingerprint density at radius 3 is 2.27 bits per heavy atom. The molecule has 0 unspecified atom stereocenters. The maximum atomic E-state index is 12.8. The van der Waals surface area contributed by atoms with Crippen LogP contribution in [-0.2, 0) is 11.3 Å². The number of para-hydroxylation sites is 1. The van der Waals surface area contributed by atoms with Gasteiger partial charge in [-0.15, -0.1) is 0 Å². The van der Waals surface area contributed by atoms with E-state index in [9.17, 15) is 9.59 Å². The first-order valence-electron chi connectivity index (χ1n) is 11.0. The van der Waals surface area contributed by atoms with E-state index in [1.165, 1.54) is 0 Å². The van der Waals surface area contributed by atoms with Crippen molar-refractivity contribution in [3.63, 3.8) is 0 Å². The van der Waals surface area contributed by atoms with Crippen LogP contribution in [0.15, 0.2) is 73.1 Å². The van der Waals surface area contributed by atoms with Crippen LogP contribution in [0.2, 0.25) is 0 Å². The third kappa shape index (κ3) is 6.29. The summed E-state index contributed by atoms with van der Waals surface area (Å²) in [6.07, 6.45) is 3.73. The number of carbonyl (C=O) groups is 2. The van der Waals surface area contributed by atoms with Crippen molar-refractivity contribution in [3.05, 3.63) is 84.2 Å². The molecule has 0 aliphatic carbocycles. The molecule has 8 nitrogen and oxygen atoms in total. The summed E-state index contributed by atoms with van der Waals surface area (Å²) in [5, 5.41) is 2.89. The van der Waals surface area contributed by atoms with Crippen molar-refractivity contribution in [2.75, 3.05) is 37.7 Å². The van der Waals surface area contributed by atoms with Gasteiger partial charge in [-0.1, -0.05) is 30.3 Å². The molecule has 8 heteroatoms. The second-order valence-corrected chi connectivity index (χ2v) is 7.71. The first-order valence-corrected chi connectivity index (χ1v) is 11.0. The third-order valence-electron chi connectivity index (χ3n) is 5.43.